The molecule has 2 aromatic rings. The minimum absolute atomic E-state index is 0.869. The highest BCUT2D eigenvalue weighted by atomic mass is 15.3. The fourth-order valence-electron chi connectivity index (χ4n) is 2.42. The first kappa shape index (κ1) is 12.8. The van der Waals surface area contributed by atoms with Crippen molar-refractivity contribution < 1.29 is 0 Å². The molecule has 0 spiro atoms. The Morgan fingerprint density at radius 2 is 1.83 bits per heavy atom. The molecule has 0 bridgehead atoms. The topological polar surface area (TPSA) is 29.9 Å². The average molecular weight is 243 g/mol. The summed E-state index contributed by atoms with van der Waals surface area (Å²) in [5.74, 6) is 0. The molecule has 0 unspecified atom stereocenters. The highest BCUT2D eigenvalue weighted by Gasteiger charge is 2.10. The minimum Gasteiger partial charge on any atom is -0.316 e. The number of aryl methyl sites for hydroxylation is 2. The maximum atomic E-state index is 4.53. The number of hydrogen-bond acceptors (Lipinski definition) is 2. The van der Waals surface area contributed by atoms with E-state index in [1.165, 1.54) is 22.4 Å². The molecular weight excluding hydrogens is 222 g/mol. The summed E-state index contributed by atoms with van der Waals surface area (Å²) in [6, 6.07) is 6.55. The van der Waals surface area contributed by atoms with E-state index in [4.69, 9.17) is 0 Å². The van der Waals surface area contributed by atoms with Crippen molar-refractivity contribution in [3.63, 3.8) is 0 Å². The van der Waals surface area contributed by atoms with Crippen molar-refractivity contribution in [3.05, 3.63) is 46.8 Å². The summed E-state index contributed by atoms with van der Waals surface area (Å²) in [5, 5.41) is 7.73. The van der Waals surface area contributed by atoms with E-state index >= 15 is 0 Å². The Bertz CT molecular complexity index is 520. The standard InChI is InChI=1S/C15H21N3/c1-5-15-13(9-16-4)10-17-18(15)14-7-11(2)6-12(3)8-14/h6-8,10,16H,5,9H2,1-4H3. The molecule has 2 rings (SSSR count). The molecule has 0 fully saturated rings. The lowest BCUT2D eigenvalue weighted by atomic mass is 10.1. The molecule has 1 aromatic carbocycles. The number of hydrogen-bond donors (Lipinski definition) is 1. The number of nitrogens with zero attached hydrogens (tertiary/aromatic N) is 2. The van der Waals surface area contributed by atoms with Crippen LogP contribution in [0, 0.1) is 13.8 Å². The monoisotopic (exact) mass is 243 g/mol. The summed E-state index contributed by atoms with van der Waals surface area (Å²) in [5.41, 5.74) is 6.27. The van der Waals surface area contributed by atoms with E-state index in [0.717, 1.165) is 18.7 Å². The zero-order valence-electron chi connectivity index (χ0n) is 11.6. The van der Waals surface area contributed by atoms with Crippen molar-refractivity contribution in [3.8, 4) is 5.69 Å². The van der Waals surface area contributed by atoms with Crippen LogP contribution in [0.25, 0.3) is 5.69 Å². The summed E-state index contributed by atoms with van der Waals surface area (Å²) in [7, 11) is 1.97. The number of nitrogens with one attached hydrogen (secondary N) is 1. The SMILES string of the molecule is CCc1c(CNC)cnn1-c1cc(C)cc(C)c1. The van der Waals surface area contributed by atoms with Gasteiger partial charge in [0, 0.05) is 17.8 Å². The number of aromatic nitrogens is 2. The highest BCUT2D eigenvalue weighted by Crippen LogP contribution is 2.18. The van der Waals surface area contributed by atoms with E-state index < -0.39 is 0 Å². The van der Waals surface area contributed by atoms with E-state index in [1.54, 1.807) is 0 Å². The molecule has 1 aromatic heterocycles. The van der Waals surface area contributed by atoms with E-state index in [0.29, 0.717) is 0 Å². The van der Waals surface area contributed by atoms with Crippen LogP contribution >= 0.6 is 0 Å². The molecule has 0 saturated heterocycles. The predicted molar refractivity (Wildman–Crippen MR) is 75.2 cm³/mol. The Hall–Kier alpha value is -1.61. The lowest BCUT2D eigenvalue weighted by Gasteiger charge is -2.10. The van der Waals surface area contributed by atoms with Crippen molar-refractivity contribution in [2.24, 2.45) is 0 Å². The van der Waals surface area contributed by atoms with Gasteiger partial charge in [-0.05, 0) is 50.6 Å². The van der Waals surface area contributed by atoms with Gasteiger partial charge in [0.1, 0.15) is 0 Å². The summed E-state index contributed by atoms with van der Waals surface area (Å²) in [6.45, 7) is 7.30. The molecule has 3 heteroatoms. The van der Waals surface area contributed by atoms with Crippen LogP contribution in [-0.4, -0.2) is 16.8 Å². The van der Waals surface area contributed by atoms with Gasteiger partial charge in [0.15, 0.2) is 0 Å². The molecule has 0 aliphatic heterocycles. The number of benzene rings is 1. The maximum absolute atomic E-state index is 4.53. The summed E-state index contributed by atoms with van der Waals surface area (Å²) < 4.78 is 2.06. The third-order valence-electron chi connectivity index (χ3n) is 3.11. The zero-order valence-corrected chi connectivity index (χ0v) is 11.6. The van der Waals surface area contributed by atoms with E-state index in [-0.39, 0.29) is 0 Å². The predicted octanol–water partition coefficient (Wildman–Crippen LogP) is 2.77. The fraction of sp³-hybridized carbons (Fsp3) is 0.400. The van der Waals surface area contributed by atoms with Crippen LogP contribution in [0.1, 0.15) is 29.3 Å². The van der Waals surface area contributed by atoms with Crippen molar-refractivity contribution >= 4 is 0 Å². The van der Waals surface area contributed by atoms with Crippen molar-refractivity contribution in [1.29, 1.82) is 0 Å². The normalized spacial score (nSPS) is 10.9. The fourth-order valence-corrected chi connectivity index (χ4v) is 2.42. The van der Waals surface area contributed by atoms with Crippen LogP contribution < -0.4 is 5.32 Å². The molecular formula is C15H21N3. The number of rotatable bonds is 4. The molecule has 1 N–H and O–H groups in total. The van der Waals surface area contributed by atoms with Crippen molar-refractivity contribution in [1.82, 2.24) is 15.1 Å². The average Bonchev–Trinajstić information content (AvgIpc) is 2.71. The van der Waals surface area contributed by atoms with Crippen molar-refractivity contribution in [2.45, 2.75) is 33.7 Å². The van der Waals surface area contributed by atoms with Gasteiger partial charge in [-0.25, -0.2) is 4.68 Å². The van der Waals surface area contributed by atoms with Crippen LogP contribution in [0.15, 0.2) is 24.4 Å². The van der Waals surface area contributed by atoms with Crippen LogP contribution in [0.3, 0.4) is 0 Å². The summed E-state index contributed by atoms with van der Waals surface area (Å²) in [4.78, 5) is 0. The highest BCUT2D eigenvalue weighted by molar-refractivity contribution is 5.41. The second kappa shape index (κ2) is 5.36. The Morgan fingerprint density at radius 3 is 2.39 bits per heavy atom. The molecule has 1 heterocycles. The Morgan fingerprint density at radius 1 is 1.17 bits per heavy atom. The van der Waals surface area contributed by atoms with Gasteiger partial charge in [-0.15, -0.1) is 0 Å². The van der Waals surface area contributed by atoms with Gasteiger partial charge in [-0.1, -0.05) is 13.0 Å². The van der Waals surface area contributed by atoms with E-state index in [2.05, 4.69) is 54.1 Å². The molecule has 0 radical (unpaired) electrons. The molecule has 0 amide bonds. The molecule has 0 atom stereocenters. The Labute approximate surface area is 109 Å². The van der Waals surface area contributed by atoms with Crippen LogP contribution in [0.5, 0.6) is 0 Å². The molecule has 18 heavy (non-hydrogen) atoms. The molecule has 0 aliphatic rings. The van der Waals surface area contributed by atoms with E-state index in [9.17, 15) is 0 Å². The van der Waals surface area contributed by atoms with Crippen molar-refractivity contribution in [2.75, 3.05) is 7.05 Å². The largest absolute Gasteiger partial charge is 0.316 e. The second-order valence-electron chi connectivity index (χ2n) is 4.76. The summed E-state index contributed by atoms with van der Waals surface area (Å²) in [6.07, 6.45) is 2.96. The first-order valence-corrected chi connectivity index (χ1v) is 6.44. The third-order valence-corrected chi connectivity index (χ3v) is 3.11. The smallest absolute Gasteiger partial charge is 0.0654 e. The second-order valence-corrected chi connectivity index (χ2v) is 4.76. The van der Waals surface area contributed by atoms with Gasteiger partial charge in [0.05, 0.1) is 11.9 Å². The molecule has 3 nitrogen and oxygen atoms in total. The third kappa shape index (κ3) is 2.46. The lowest BCUT2D eigenvalue weighted by Crippen LogP contribution is -2.08. The van der Waals surface area contributed by atoms with Crippen LogP contribution in [0.4, 0.5) is 0 Å². The minimum atomic E-state index is 0.869. The summed E-state index contributed by atoms with van der Waals surface area (Å²) >= 11 is 0. The van der Waals surface area contributed by atoms with Gasteiger partial charge in [-0.2, -0.15) is 5.10 Å². The molecule has 0 aliphatic carbocycles. The zero-order chi connectivity index (χ0) is 13.1. The Kier molecular flexibility index (Phi) is 3.82. The van der Waals surface area contributed by atoms with Gasteiger partial charge >= 0.3 is 0 Å². The van der Waals surface area contributed by atoms with Gasteiger partial charge in [0.25, 0.3) is 0 Å². The van der Waals surface area contributed by atoms with Gasteiger partial charge < -0.3 is 5.32 Å². The first-order chi connectivity index (χ1) is 8.65. The maximum Gasteiger partial charge on any atom is 0.0654 e. The van der Waals surface area contributed by atoms with Gasteiger partial charge in [0.2, 0.25) is 0 Å². The quantitative estimate of drug-likeness (QED) is 0.895. The van der Waals surface area contributed by atoms with Crippen LogP contribution in [0.2, 0.25) is 0 Å². The Balaban J connectivity index is 2.49. The first-order valence-electron chi connectivity index (χ1n) is 6.44. The van der Waals surface area contributed by atoms with E-state index in [1.807, 2.05) is 13.2 Å². The molecule has 96 valence electrons. The lowest BCUT2D eigenvalue weighted by molar-refractivity contribution is 0.779. The molecule has 0 saturated carbocycles. The van der Waals surface area contributed by atoms with Gasteiger partial charge in [-0.3, -0.25) is 0 Å². The van der Waals surface area contributed by atoms with Crippen LogP contribution in [-0.2, 0) is 13.0 Å².